The van der Waals surface area contributed by atoms with Crippen LogP contribution in [0.1, 0.15) is 10.7 Å². The number of nitrogens with zero attached hydrogens (tertiary/aromatic N) is 3. The van der Waals surface area contributed by atoms with Crippen molar-refractivity contribution in [2.24, 2.45) is 0 Å². The number of hydrogen-bond donors (Lipinski definition) is 1. The molecule has 0 radical (unpaired) electrons. The molecule has 2 aromatic carbocycles. The average molecular weight is 423 g/mol. The number of hydrogen-bond acceptors (Lipinski definition) is 5. The highest BCUT2D eigenvalue weighted by atomic mass is 32.2. The predicted molar refractivity (Wildman–Crippen MR) is 116 cm³/mol. The maximum Gasteiger partial charge on any atom is 0.267 e. The lowest BCUT2D eigenvalue weighted by Crippen LogP contribution is -2.22. The highest BCUT2D eigenvalue weighted by molar-refractivity contribution is 7.98. The average Bonchev–Trinajstić information content (AvgIpc) is 3.30. The number of para-hydroxylation sites is 3. The third kappa shape index (κ3) is 3.24. The van der Waals surface area contributed by atoms with Gasteiger partial charge in [-0.15, -0.1) is 11.3 Å². The lowest BCUT2D eigenvalue weighted by molar-refractivity contribution is 0.608. The number of nitrogens with one attached hydrogen (secondary N) is 1. The van der Waals surface area contributed by atoms with E-state index in [9.17, 15) is 9.18 Å². The van der Waals surface area contributed by atoms with Gasteiger partial charge < -0.3 is 4.98 Å². The molecule has 0 unspecified atom stereocenters. The number of aryl methyl sites for hydroxylation is 1. The molecule has 5 rings (SSSR count). The summed E-state index contributed by atoms with van der Waals surface area (Å²) in [4.78, 5) is 27.4. The zero-order chi connectivity index (χ0) is 20.0. The van der Waals surface area contributed by atoms with E-state index >= 15 is 0 Å². The van der Waals surface area contributed by atoms with Crippen LogP contribution in [0.5, 0.6) is 0 Å². The largest absolute Gasteiger partial charge is 0.341 e. The number of fused-ring (bicyclic) bond motifs is 2. The summed E-state index contributed by atoms with van der Waals surface area (Å²) in [5.41, 5.74) is 1.76. The highest BCUT2D eigenvalue weighted by Crippen LogP contribution is 2.28. The Kier molecular flexibility index (Phi) is 4.44. The van der Waals surface area contributed by atoms with Gasteiger partial charge in [-0.25, -0.2) is 14.4 Å². The first-order valence-corrected chi connectivity index (χ1v) is 10.7. The molecule has 0 saturated carbocycles. The minimum Gasteiger partial charge on any atom is -0.341 e. The van der Waals surface area contributed by atoms with Crippen LogP contribution in [-0.4, -0.2) is 19.5 Å². The van der Waals surface area contributed by atoms with Crippen LogP contribution in [0.15, 0.2) is 64.5 Å². The monoisotopic (exact) mass is 422 g/mol. The first-order chi connectivity index (χ1) is 14.1. The van der Waals surface area contributed by atoms with Crippen molar-refractivity contribution in [3.05, 3.63) is 81.5 Å². The van der Waals surface area contributed by atoms with Crippen LogP contribution in [0.2, 0.25) is 0 Å². The Morgan fingerprint density at radius 3 is 2.76 bits per heavy atom. The summed E-state index contributed by atoms with van der Waals surface area (Å²) in [6, 6.07) is 15.8. The molecule has 0 amide bonds. The second-order valence-corrected chi connectivity index (χ2v) is 8.73. The van der Waals surface area contributed by atoms with Crippen LogP contribution in [0.4, 0.5) is 4.39 Å². The minimum atomic E-state index is -0.465. The summed E-state index contributed by atoms with van der Waals surface area (Å²) in [5.74, 6) is 0.784. The van der Waals surface area contributed by atoms with E-state index in [0.29, 0.717) is 21.1 Å². The predicted octanol–water partition coefficient (Wildman–Crippen LogP) is 5.06. The van der Waals surface area contributed by atoms with Crippen molar-refractivity contribution in [3.8, 4) is 5.69 Å². The summed E-state index contributed by atoms with van der Waals surface area (Å²) in [5, 5.41) is 0.943. The molecule has 8 heteroatoms. The second-order valence-electron chi connectivity index (χ2n) is 6.55. The van der Waals surface area contributed by atoms with Crippen molar-refractivity contribution < 1.29 is 4.39 Å². The number of H-pyrrole nitrogens is 1. The molecule has 0 atom stereocenters. The molecule has 0 aliphatic rings. The fourth-order valence-corrected chi connectivity index (χ4v) is 5.03. The molecule has 3 aromatic heterocycles. The summed E-state index contributed by atoms with van der Waals surface area (Å²) in [6.45, 7) is 1.93. The second kappa shape index (κ2) is 7.13. The number of halogens is 1. The molecule has 3 heterocycles. The normalized spacial score (nSPS) is 11.5. The number of aromatic amines is 1. The van der Waals surface area contributed by atoms with Gasteiger partial charge in [0.2, 0.25) is 0 Å². The number of thiophene rings is 1. The van der Waals surface area contributed by atoms with Crippen molar-refractivity contribution in [2.75, 3.05) is 0 Å². The van der Waals surface area contributed by atoms with Crippen LogP contribution in [-0.2, 0) is 5.75 Å². The Hall–Kier alpha value is -2.97. The molecule has 1 N–H and O–H groups in total. The third-order valence-electron chi connectivity index (χ3n) is 4.53. The fraction of sp³-hybridized carbons (Fsp3) is 0.0952. The molecule has 5 nitrogen and oxygen atoms in total. The van der Waals surface area contributed by atoms with Gasteiger partial charge in [0.15, 0.2) is 5.16 Å². The summed E-state index contributed by atoms with van der Waals surface area (Å²) in [6.07, 6.45) is 0. The van der Waals surface area contributed by atoms with Crippen LogP contribution in [0.25, 0.3) is 26.9 Å². The Bertz CT molecular complexity index is 1390. The summed E-state index contributed by atoms with van der Waals surface area (Å²) < 4.78 is 15.9. The third-order valence-corrected chi connectivity index (χ3v) is 6.42. The van der Waals surface area contributed by atoms with Gasteiger partial charge in [0.1, 0.15) is 16.5 Å². The molecule has 144 valence electrons. The van der Waals surface area contributed by atoms with E-state index in [0.717, 1.165) is 21.7 Å². The summed E-state index contributed by atoms with van der Waals surface area (Å²) in [7, 11) is 0. The van der Waals surface area contributed by atoms with Crippen molar-refractivity contribution in [1.29, 1.82) is 0 Å². The van der Waals surface area contributed by atoms with Crippen LogP contribution in [0, 0.1) is 12.7 Å². The zero-order valence-corrected chi connectivity index (χ0v) is 17.0. The molecule has 0 saturated heterocycles. The Labute approximate surface area is 173 Å². The fourth-order valence-electron chi connectivity index (χ4n) is 3.23. The van der Waals surface area contributed by atoms with Gasteiger partial charge in [-0.3, -0.25) is 9.36 Å². The van der Waals surface area contributed by atoms with Crippen molar-refractivity contribution in [1.82, 2.24) is 19.5 Å². The van der Waals surface area contributed by atoms with Crippen LogP contribution in [0.3, 0.4) is 0 Å². The number of aromatic nitrogens is 4. The maximum absolute atomic E-state index is 14.5. The van der Waals surface area contributed by atoms with Crippen molar-refractivity contribution in [2.45, 2.75) is 17.8 Å². The van der Waals surface area contributed by atoms with E-state index < -0.39 is 5.82 Å². The minimum absolute atomic E-state index is 0.197. The molecule has 29 heavy (non-hydrogen) atoms. The quantitative estimate of drug-likeness (QED) is 0.325. The van der Waals surface area contributed by atoms with Gasteiger partial charge >= 0.3 is 0 Å². The molecular weight excluding hydrogens is 407 g/mol. The van der Waals surface area contributed by atoms with E-state index in [2.05, 4.69) is 15.0 Å². The number of benzene rings is 2. The lowest BCUT2D eigenvalue weighted by Gasteiger charge is -2.12. The topological polar surface area (TPSA) is 63.6 Å². The molecule has 0 spiro atoms. The van der Waals surface area contributed by atoms with Crippen molar-refractivity contribution in [3.63, 3.8) is 0 Å². The van der Waals surface area contributed by atoms with Gasteiger partial charge in [0, 0.05) is 4.88 Å². The smallest absolute Gasteiger partial charge is 0.267 e. The van der Waals surface area contributed by atoms with E-state index in [1.54, 1.807) is 24.3 Å². The lowest BCUT2D eigenvalue weighted by atomic mass is 10.3. The maximum atomic E-state index is 14.5. The highest BCUT2D eigenvalue weighted by Gasteiger charge is 2.18. The molecule has 0 aliphatic carbocycles. The van der Waals surface area contributed by atoms with E-state index in [1.165, 1.54) is 33.7 Å². The molecule has 5 aromatic rings. The molecular formula is C21H15FN4OS2. The van der Waals surface area contributed by atoms with Crippen LogP contribution >= 0.6 is 23.1 Å². The summed E-state index contributed by atoms with van der Waals surface area (Å²) >= 11 is 2.81. The van der Waals surface area contributed by atoms with Gasteiger partial charge in [-0.1, -0.05) is 36.0 Å². The Balaban J connectivity index is 1.62. The van der Waals surface area contributed by atoms with Gasteiger partial charge in [-0.2, -0.15) is 0 Å². The van der Waals surface area contributed by atoms with Gasteiger partial charge in [0.25, 0.3) is 5.56 Å². The molecule has 0 bridgehead atoms. The number of thioether (sulfide) groups is 1. The van der Waals surface area contributed by atoms with E-state index in [1.807, 2.05) is 31.2 Å². The number of imidazole rings is 1. The zero-order valence-electron chi connectivity index (χ0n) is 15.3. The van der Waals surface area contributed by atoms with E-state index in [-0.39, 0.29) is 11.2 Å². The van der Waals surface area contributed by atoms with Gasteiger partial charge in [0.05, 0.1) is 27.9 Å². The first-order valence-electron chi connectivity index (χ1n) is 8.95. The first kappa shape index (κ1) is 18.1. The molecule has 0 fully saturated rings. The van der Waals surface area contributed by atoms with Crippen molar-refractivity contribution >= 4 is 44.3 Å². The Morgan fingerprint density at radius 2 is 1.93 bits per heavy atom. The van der Waals surface area contributed by atoms with Gasteiger partial charge in [-0.05, 0) is 37.3 Å². The van der Waals surface area contributed by atoms with Crippen LogP contribution < -0.4 is 5.56 Å². The SMILES string of the molecule is Cc1cc2c(=O)n(-c3ccccc3F)c(SCc3nc4ccccc4[nH]3)nc2s1. The standard InChI is InChI=1S/C21H15FN4OS2/c1-12-10-13-19(29-12)25-21(26(20(13)27)17-9-5-2-6-14(17)22)28-11-18-23-15-7-3-4-8-16(15)24-18/h2-10H,11H2,1H3,(H,23,24). The number of rotatable bonds is 4. The van der Waals surface area contributed by atoms with E-state index in [4.69, 9.17) is 0 Å². The Morgan fingerprint density at radius 1 is 1.14 bits per heavy atom. The molecule has 0 aliphatic heterocycles.